The number of nitrogens with zero attached hydrogens (tertiary/aromatic N) is 2. The predicted molar refractivity (Wildman–Crippen MR) is 103 cm³/mol. The first-order valence-corrected chi connectivity index (χ1v) is 9.72. The van der Waals surface area contributed by atoms with Gasteiger partial charge in [-0.1, -0.05) is 12.1 Å². The van der Waals surface area contributed by atoms with E-state index in [1.807, 2.05) is 11.3 Å². The highest BCUT2D eigenvalue weighted by Crippen LogP contribution is 2.30. The molecular formula is C19H23N3O3S. The molecule has 0 radical (unpaired) electrons. The SMILES string of the molecule is Cc1c(C(=O)NCCN2CCC(c3cccs3)CC2)cccc1[N+](=O)[O-]. The molecule has 1 aliphatic heterocycles. The van der Waals surface area contributed by atoms with Gasteiger partial charge in [-0.25, -0.2) is 0 Å². The highest BCUT2D eigenvalue weighted by molar-refractivity contribution is 7.10. The number of carbonyl (C=O) groups excluding carboxylic acids is 1. The summed E-state index contributed by atoms with van der Waals surface area (Å²) in [5, 5.41) is 16.0. The minimum Gasteiger partial charge on any atom is -0.351 e. The van der Waals surface area contributed by atoms with Crippen LogP contribution in [0.4, 0.5) is 5.69 Å². The van der Waals surface area contributed by atoms with Crippen LogP contribution in [-0.2, 0) is 0 Å². The van der Waals surface area contributed by atoms with Gasteiger partial charge in [0.2, 0.25) is 0 Å². The lowest BCUT2D eigenvalue weighted by Gasteiger charge is -2.31. The van der Waals surface area contributed by atoms with Crippen molar-refractivity contribution in [2.45, 2.75) is 25.7 Å². The van der Waals surface area contributed by atoms with Gasteiger partial charge in [-0.3, -0.25) is 14.9 Å². The molecule has 1 amide bonds. The van der Waals surface area contributed by atoms with E-state index in [-0.39, 0.29) is 11.6 Å². The molecule has 1 saturated heterocycles. The highest BCUT2D eigenvalue weighted by atomic mass is 32.1. The van der Waals surface area contributed by atoms with Gasteiger partial charge >= 0.3 is 0 Å². The molecule has 2 aromatic rings. The second-order valence-corrected chi connectivity index (χ2v) is 7.57. The second-order valence-electron chi connectivity index (χ2n) is 6.59. The minimum atomic E-state index is -0.455. The zero-order chi connectivity index (χ0) is 18.5. The topological polar surface area (TPSA) is 75.5 Å². The van der Waals surface area contributed by atoms with Gasteiger partial charge in [-0.05, 0) is 56.3 Å². The lowest BCUT2D eigenvalue weighted by molar-refractivity contribution is -0.385. The number of benzene rings is 1. The Morgan fingerprint density at radius 2 is 2.08 bits per heavy atom. The fraction of sp³-hybridized carbons (Fsp3) is 0.421. The lowest BCUT2D eigenvalue weighted by Crippen LogP contribution is -2.39. The van der Waals surface area contributed by atoms with E-state index in [1.165, 1.54) is 10.9 Å². The van der Waals surface area contributed by atoms with Crippen LogP contribution in [0.15, 0.2) is 35.7 Å². The standard InChI is InChI=1S/C19H23N3O3S/c1-14-16(4-2-5-17(14)22(24)25)19(23)20-9-12-21-10-7-15(8-11-21)18-6-3-13-26-18/h2-6,13,15H,7-12H2,1H3,(H,20,23). The number of nitrogens with one attached hydrogen (secondary N) is 1. The average molecular weight is 373 g/mol. The van der Waals surface area contributed by atoms with E-state index in [0.717, 1.165) is 32.5 Å². The molecule has 0 unspecified atom stereocenters. The van der Waals surface area contributed by atoms with Crippen LogP contribution >= 0.6 is 11.3 Å². The van der Waals surface area contributed by atoms with Crippen LogP contribution in [-0.4, -0.2) is 41.9 Å². The smallest absolute Gasteiger partial charge is 0.273 e. The molecule has 7 heteroatoms. The van der Waals surface area contributed by atoms with Crippen molar-refractivity contribution < 1.29 is 9.72 Å². The molecule has 0 atom stereocenters. The molecule has 6 nitrogen and oxygen atoms in total. The predicted octanol–water partition coefficient (Wildman–Crippen LogP) is 3.57. The van der Waals surface area contributed by atoms with Crippen LogP contribution in [0.25, 0.3) is 0 Å². The van der Waals surface area contributed by atoms with E-state index < -0.39 is 4.92 Å². The number of piperidine rings is 1. The van der Waals surface area contributed by atoms with Crippen molar-refractivity contribution in [1.82, 2.24) is 10.2 Å². The molecule has 1 aliphatic rings. The molecule has 0 saturated carbocycles. The third kappa shape index (κ3) is 4.28. The monoisotopic (exact) mass is 373 g/mol. The average Bonchev–Trinajstić information content (AvgIpc) is 3.17. The Bertz CT molecular complexity index is 768. The number of amides is 1. The van der Waals surface area contributed by atoms with Crippen LogP contribution < -0.4 is 5.32 Å². The molecule has 138 valence electrons. The quantitative estimate of drug-likeness (QED) is 0.620. The summed E-state index contributed by atoms with van der Waals surface area (Å²) >= 11 is 1.83. The van der Waals surface area contributed by atoms with Gasteiger partial charge in [-0.15, -0.1) is 11.3 Å². The van der Waals surface area contributed by atoms with Crippen LogP contribution in [0.1, 0.15) is 39.6 Å². The zero-order valence-corrected chi connectivity index (χ0v) is 15.6. The number of nitro groups is 1. The Kier molecular flexibility index (Phi) is 6.00. The van der Waals surface area contributed by atoms with Crippen molar-refractivity contribution in [3.05, 3.63) is 61.8 Å². The van der Waals surface area contributed by atoms with Gasteiger partial charge in [-0.2, -0.15) is 0 Å². The van der Waals surface area contributed by atoms with Crippen LogP contribution in [0, 0.1) is 17.0 Å². The number of thiophene rings is 1. The van der Waals surface area contributed by atoms with Gasteiger partial charge in [0.25, 0.3) is 11.6 Å². The first kappa shape index (κ1) is 18.5. The number of hydrogen-bond donors (Lipinski definition) is 1. The Labute approximate surface area is 157 Å². The zero-order valence-electron chi connectivity index (χ0n) is 14.8. The molecule has 1 aromatic carbocycles. The van der Waals surface area contributed by atoms with Crippen molar-refractivity contribution in [3.8, 4) is 0 Å². The Morgan fingerprint density at radius 1 is 1.31 bits per heavy atom. The molecule has 2 heterocycles. The second kappa shape index (κ2) is 8.42. The fourth-order valence-electron chi connectivity index (χ4n) is 3.45. The van der Waals surface area contributed by atoms with Gasteiger partial charge in [0.05, 0.1) is 4.92 Å². The molecular weight excluding hydrogens is 350 g/mol. The largest absolute Gasteiger partial charge is 0.351 e. The van der Waals surface area contributed by atoms with Crippen molar-refractivity contribution in [2.24, 2.45) is 0 Å². The third-order valence-corrected chi connectivity index (χ3v) is 6.03. The molecule has 1 aromatic heterocycles. The van der Waals surface area contributed by atoms with Crippen molar-refractivity contribution in [2.75, 3.05) is 26.2 Å². The van der Waals surface area contributed by atoms with Crippen LogP contribution in [0.3, 0.4) is 0 Å². The first-order chi connectivity index (χ1) is 12.6. The molecule has 1 N–H and O–H groups in total. The minimum absolute atomic E-state index is 0.0201. The number of likely N-dealkylation sites (tertiary alicyclic amines) is 1. The summed E-state index contributed by atoms with van der Waals surface area (Å²) in [5.74, 6) is 0.410. The van der Waals surface area contributed by atoms with E-state index in [1.54, 1.807) is 19.1 Å². The summed E-state index contributed by atoms with van der Waals surface area (Å²) in [6.45, 7) is 5.03. The number of carbonyl (C=O) groups is 1. The molecule has 0 spiro atoms. The molecule has 1 fully saturated rings. The first-order valence-electron chi connectivity index (χ1n) is 8.84. The number of hydrogen-bond acceptors (Lipinski definition) is 5. The van der Waals surface area contributed by atoms with E-state index in [0.29, 0.717) is 23.6 Å². The number of nitro benzene ring substituents is 1. The Balaban J connectivity index is 1.46. The van der Waals surface area contributed by atoms with Crippen molar-refractivity contribution in [3.63, 3.8) is 0 Å². The maximum atomic E-state index is 12.3. The molecule has 0 bridgehead atoms. The summed E-state index contributed by atoms with van der Waals surface area (Å²) in [7, 11) is 0. The van der Waals surface area contributed by atoms with Crippen LogP contribution in [0.5, 0.6) is 0 Å². The highest BCUT2D eigenvalue weighted by Gasteiger charge is 2.21. The number of rotatable bonds is 6. The summed E-state index contributed by atoms with van der Waals surface area (Å²) < 4.78 is 0. The summed E-state index contributed by atoms with van der Waals surface area (Å²) in [6, 6.07) is 8.92. The maximum Gasteiger partial charge on any atom is 0.273 e. The van der Waals surface area contributed by atoms with Gasteiger partial charge in [0, 0.05) is 35.2 Å². The van der Waals surface area contributed by atoms with E-state index in [4.69, 9.17) is 0 Å². The van der Waals surface area contributed by atoms with E-state index in [9.17, 15) is 14.9 Å². The Hall–Kier alpha value is -2.25. The summed E-state index contributed by atoms with van der Waals surface area (Å²) in [5.41, 5.74) is 0.760. The summed E-state index contributed by atoms with van der Waals surface area (Å²) in [6.07, 6.45) is 2.30. The van der Waals surface area contributed by atoms with E-state index in [2.05, 4.69) is 27.7 Å². The normalized spacial score (nSPS) is 15.7. The molecule has 0 aliphatic carbocycles. The van der Waals surface area contributed by atoms with Gasteiger partial charge < -0.3 is 10.2 Å². The van der Waals surface area contributed by atoms with Crippen LogP contribution in [0.2, 0.25) is 0 Å². The molecule has 3 rings (SSSR count). The van der Waals surface area contributed by atoms with Crippen molar-refractivity contribution >= 4 is 22.9 Å². The van der Waals surface area contributed by atoms with Gasteiger partial charge in [0.1, 0.15) is 0 Å². The molecule has 26 heavy (non-hydrogen) atoms. The Morgan fingerprint density at radius 3 is 2.73 bits per heavy atom. The van der Waals surface area contributed by atoms with E-state index >= 15 is 0 Å². The fourth-order valence-corrected chi connectivity index (χ4v) is 4.35. The van der Waals surface area contributed by atoms with Crippen molar-refractivity contribution in [1.29, 1.82) is 0 Å². The third-order valence-electron chi connectivity index (χ3n) is 4.99. The lowest BCUT2D eigenvalue weighted by atomic mass is 9.95. The summed E-state index contributed by atoms with van der Waals surface area (Å²) in [4.78, 5) is 26.7. The van der Waals surface area contributed by atoms with Gasteiger partial charge in [0.15, 0.2) is 0 Å². The maximum absolute atomic E-state index is 12.3.